The van der Waals surface area contributed by atoms with E-state index in [9.17, 15) is 9.59 Å². The van der Waals surface area contributed by atoms with Gasteiger partial charge < -0.3 is 5.32 Å². The van der Waals surface area contributed by atoms with Crippen LogP contribution in [0.4, 0.5) is 5.69 Å². The van der Waals surface area contributed by atoms with Crippen LogP contribution in [-0.4, -0.2) is 15.7 Å². The highest BCUT2D eigenvalue weighted by molar-refractivity contribution is 6.41. The largest absolute Gasteiger partial charge is 0.324 e. The van der Waals surface area contributed by atoms with Gasteiger partial charge in [0.05, 0.1) is 11.2 Å². The SMILES string of the molecule is C[C@@H](C(=O)Nc1cccc(Cl)c1)n1ncc(Cl)c(Cl)c1=O. The van der Waals surface area contributed by atoms with Crippen LogP contribution in [0.2, 0.25) is 15.1 Å². The van der Waals surface area contributed by atoms with Gasteiger partial charge in [-0.3, -0.25) is 9.59 Å². The van der Waals surface area contributed by atoms with Crippen molar-refractivity contribution in [2.24, 2.45) is 0 Å². The highest BCUT2D eigenvalue weighted by Gasteiger charge is 2.19. The Labute approximate surface area is 135 Å². The van der Waals surface area contributed by atoms with E-state index >= 15 is 0 Å². The third-order valence-corrected chi connectivity index (χ3v) is 3.72. The summed E-state index contributed by atoms with van der Waals surface area (Å²) in [6.07, 6.45) is 1.22. The zero-order chi connectivity index (χ0) is 15.6. The van der Waals surface area contributed by atoms with Gasteiger partial charge in [0.15, 0.2) is 0 Å². The van der Waals surface area contributed by atoms with Gasteiger partial charge in [0.2, 0.25) is 5.91 Å². The Morgan fingerprint density at radius 1 is 1.33 bits per heavy atom. The van der Waals surface area contributed by atoms with Gasteiger partial charge in [0.1, 0.15) is 11.1 Å². The fraction of sp³-hybridized carbons (Fsp3) is 0.154. The Morgan fingerprint density at radius 2 is 2.05 bits per heavy atom. The number of rotatable bonds is 3. The van der Waals surface area contributed by atoms with E-state index in [1.165, 1.54) is 13.1 Å². The molecule has 0 aliphatic carbocycles. The van der Waals surface area contributed by atoms with E-state index < -0.39 is 17.5 Å². The molecule has 1 aromatic carbocycles. The van der Waals surface area contributed by atoms with Crippen LogP contribution in [0.3, 0.4) is 0 Å². The average Bonchev–Trinajstić information content (AvgIpc) is 2.44. The summed E-state index contributed by atoms with van der Waals surface area (Å²) < 4.78 is 0.966. The Hall–Kier alpha value is -1.56. The number of aromatic nitrogens is 2. The summed E-state index contributed by atoms with van der Waals surface area (Å²) in [5.74, 6) is -0.426. The minimum atomic E-state index is -0.855. The predicted molar refractivity (Wildman–Crippen MR) is 83.3 cm³/mol. The lowest BCUT2D eigenvalue weighted by Crippen LogP contribution is -2.33. The maximum Gasteiger partial charge on any atom is 0.287 e. The van der Waals surface area contributed by atoms with Crippen molar-refractivity contribution in [1.82, 2.24) is 9.78 Å². The van der Waals surface area contributed by atoms with Crippen molar-refractivity contribution in [3.05, 3.63) is 55.9 Å². The van der Waals surface area contributed by atoms with E-state index in [2.05, 4.69) is 10.4 Å². The predicted octanol–water partition coefficient (Wildman–Crippen LogP) is 3.40. The first-order valence-electron chi connectivity index (χ1n) is 5.89. The Kier molecular flexibility index (Phi) is 4.88. The molecule has 0 bridgehead atoms. The molecule has 110 valence electrons. The lowest BCUT2D eigenvalue weighted by molar-refractivity contribution is -0.119. The number of anilines is 1. The van der Waals surface area contributed by atoms with E-state index in [1.807, 2.05) is 0 Å². The zero-order valence-electron chi connectivity index (χ0n) is 10.8. The molecule has 21 heavy (non-hydrogen) atoms. The molecule has 0 radical (unpaired) electrons. The molecule has 1 aromatic heterocycles. The maximum absolute atomic E-state index is 12.1. The average molecular weight is 347 g/mol. The van der Waals surface area contributed by atoms with Crippen molar-refractivity contribution in [1.29, 1.82) is 0 Å². The molecule has 8 heteroatoms. The summed E-state index contributed by atoms with van der Waals surface area (Å²) in [5, 5.41) is 6.82. The monoisotopic (exact) mass is 345 g/mol. The first-order valence-corrected chi connectivity index (χ1v) is 7.03. The van der Waals surface area contributed by atoms with Crippen molar-refractivity contribution in [2.75, 3.05) is 5.32 Å². The summed E-state index contributed by atoms with van der Waals surface area (Å²) in [7, 11) is 0. The number of hydrogen-bond acceptors (Lipinski definition) is 3. The van der Waals surface area contributed by atoms with Gasteiger partial charge in [-0.2, -0.15) is 5.10 Å². The number of amides is 1. The molecule has 2 rings (SSSR count). The molecule has 1 amide bonds. The molecule has 1 N–H and O–H groups in total. The van der Waals surface area contributed by atoms with Crippen LogP contribution in [-0.2, 0) is 4.79 Å². The van der Waals surface area contributed by atoms with Crippen LogP contribution >= 0.6 is 34.8 Å². The molecular formula is C13H10Cl3N3O2. The van der Waals surface area contributed by atoms with Gasteiger partial charge >= 0.3 is 0 Å². The lowest BCUT2D eigenvalue weighted by atomic mass is 10.2. The van der Waals surface area contributed by atoms with Crippen LogP contribution in [0.5, 0.6) is 0 Å². The molecule has 2 aromatic rings. The second-order valence-corrected chi connectivity index (χ2v) is 5.45. The summed E-state index contributed by atoms with van der Waals surface area (Å²) in [6.45, 7) is 1.53. The van der Waals surface area contributed by atoms with Crippen LogP contribution < -0.4 is 10.9 Å². The topological polar surface area (TPSA) is 64.0 Å². The number of carbonyl (C=O) groups excluding carboxylic acids is 1. The number of hydrogen-bond donors (Lipinski definition) is 1. The normalized spacial score (nSPS) is 12.0. The van der Waals surface area contributed by atoms with E-state index in [1.54, 1.807) is 24.3 Å². The van der Waals surface area contributed by atoms with E-state index in [4.69, 9.17) is 34.8 Å². The van der Waals surface area contributed by atoms with Gasteiger partial charge in [-0.25, -0.2) is 4.68 Å². The van der Waals surface area contributed by atoms with E-state index in [0.717, 1.165) is 4.68 Å². The quantitative estimate of drug-likeness (QED) is 0.926. The van der Waals surface area contributed by atoms with Gasteiger partial charge in [-0.15, -0.1) is 0 Å². The Bertz CT molecular complexity index is 746. The van der Waals surface area contributed by atoms with Crippen LogP contribution in [0.25, 0.3) is 0 Å². The van der Waals surface area contributed by atoms with Gasteiger partial charge in [0.25, 0.3) is 5.56 Å². The van der Waals surface area contributed by atoms with Crippen molar-refractivity contribution in [3.8, 4) is 0 Å². The third-order valence-electron chi connectivity index (χ3n) is 2.74. The maximum atomic E-state index is 12.1. The number of halogens is 3. The van der Waals surface area contributed by atoms with Gasteiger partial charge in [-0.05, 0) is 25.1 Å². The minimum Gasteiger partial charge on any atom is -0.324 e. The minimum absolute atomic E-state index is 0.0420. The highest BCUT2D eigenvalue weighted by Crippen LogP contribution is 2.18. The van der Waals surface area contributed by atoms with Crippen molar-refractivity contribution in [2.45, 2.75) is 13.0 Å². The van der Waals surface area contributed by atoms with Crippen molar-refractivity contribution >= 4 is 46.4 Å². The Balaban J connectivity index is 2.24. The van der Waals surface area contributed by atoms with E-state index in [0.29, 0.717) is 10.7 Å². The summed E-state index contributed by atoms with van der Waals surface area (Å²) in [6, 6.07) is 5.81. The number of carbonyl (C=O) groups is 1. The number of benzene rings is 1. The summed E-state index contributed by atoms with van der Waals surface area (Å²) >= 11 is 17.3. The first-order chi connectivity index (χ1) is 9.90. The molecule has 0 aliphatic rings. The second kappa shape index (κ2) is 6.47. The molecule has 0 saturated carbocycles. The molecule has 5 nitrogen and oxygen atoms in total. The molecule has 0 saturated heterocycles. The molecular weight excluding hydrogens is 337 g/mol. The van der Waals surface area contributed by atoms with Crippen molar-refractivity contribution < 1.29 is 4.79 Å². The molecule has 0 unspecified atom stereocenters. The molecule has 0 aliphatic heterocycles. The summed E-state index contributed by atoms with van der Waals surface area (Å²) in [5.41, 5.74) is -0.106. The molecule has 0 fully saturated rings. The lowest BCUT2D eigenvalue weighted by Gasteiger charge is -2.14. The van der Waals surface area contributed by atoms with E-state index in [-0.39, 0.29) is 10.0 Å². The number of nitrogens with one attached hydrogen (secondary N) is 1. The van der Waals surface area contributed by atoms with Gasteiger partial charge in [0, 0.05) is 10.7 Å². The smallest absolute Gasteiger partial charge is 0.287 e. The van der Waals surface area contributed by atoms with Crippen LogP contribution in [0.15, 0.2) is 35.3 Å². The Morgan fingerprint density at radius 3 is 2.71 bits per heavy atom. The molecule has 1 atom stereocenters. The third kappa shape index (κ3) is 3.56. The fourth-order valence-electron chi connectivity index (χ4n) is 1.62. The second-order valence-electron chi connectivity index (χ2n) is 4.23. The highest BCUT2D eigenvalue weighted by atomic mass is 35.5. The first kappa shape index (κ1) is 15.8. The number of nitrogens with zero attached hydrogens (tertiary/aromatic N) is 2. The fourth-order valence-corrected chi connectivity index (χ4v) is 2.07. The van der Waals surface area contributed by atoms with Gasteiger partial charge in [-0.1, -0.05) is 40.9 Å². The van der Waals surface area contributed by atoms with Crippen LogP contribution in [0.1, 0.15) is 13.0 Å². The standard InChI is InChI=1S/C13H10Cl3N3O2/c1-7(19-13(21)11(16)10(15)6-17-19)12(20)18-9-4-2-3-8(14)5-9/h2-7H,1H3,(H,18,20)/t7-/m0/s1. The summed E-state index contributed by atoms with van der Waals surface area (Å²) in [4.78, 5) is 24.1. The zero-order valence-corrected chi connectivity index (χ0v) is 13.1. The molecule has 1 heterocycles. The van der Waals surface area contributed by atoms with Crippen molar-refractivity contribution in [3.63, 3.8) is 0 Å². The van der Waals surface area contributed by atoms with Crippen LogP contribution in [0, 0.1) is 0 Å². The molecule has 0 spiro atoms.